The van der Waals surface area contributed by atoms with E-state index in [4.69, 9.17) is 18.0 Å². The summed E-state index contributed by atoms with van der Waals surface area (Å²) in [6.07, 6.45) is 1.53. The second-order valence-electron chi connectivity index (χ2n) is 5.05. The molecule has 0 radical (unpaired) electrons. The number of thiocarbonyl (C=S) groups is 1. The molecule has 1 amide bonds. The summed E-state index contributed by atoms with van der Waals surface area (Å²) in [5.41, 5.74) is 5.35. The number of benzene rings is 1. The second-order valence-corrected chi connectivity index (χ2v) is 5.52. The highest BCUT2D eigenvalue weighted by Crippen LogP contribution is 2.22. The van der Waals surface area contributed by atoms with Gasteiger partial charge in [-0.15, -0.1) is 0 Å². The number of carbonyl (C=O) groups is 1. The number of halogens is 2. The van der Waals surface area contributed by atoms with Crippen LogP contribution in [0.25, 0.3) is 0 Å². The Balaban J connectivity index is 2.28. The van der Waals surface area contributed by atoms with E-state index in [1.807, 2.05) is 0 Å². The first-order valence-electron chi connectivity index (χ1n) is 6.45. The molecule has 2 N–H and O–H groups in total. The van der Waals surface area contributed by atoms with Gasteiger partial charge in [0, 0.05) is 19.0 Å². The van der Waals surface area contributed by atoms with Crippen molar-refractivity contribution in [2.75, 3.05) is 13.1 Å². The van der Waals surface area contributed by atoms with Crippen molar-refractivity contribution in [3.05, 3.63) is 34.9 Å². The minimum absolute atomic E-state index is 0.0846. The molecule has 3 nitrogen and oxygen atoms in total. The minimum Gasteiger partial charge on any atom is -0.393 e. The molecule has 1 aliphatic heterocycles. The van der Waals surface area contributed by atoms with Gasteiger partial charge in [0.2, 0.25) is 0 Å². The number of aryl methyl sites for hydroxylation is 1. The Labute approximate surface area is 121 Å². The van der Waals surface area contributed by atoms with Gasteiger partial charge in [-0.05, 0) is 31.4 Å². The molecule has 20 heavy (non-hydrogen) atoms. The van der Waals surface area contributed by atoms with Gasteiger partial charge in [-0.1, -0.05) is 18.3 Å². The fraction of sp³-hybridized carbons (Fsp3) is 0.429. The predicted molar refractivity (Wildman–Crippen MR) is 76.5 cm³/mol. The van der Waals surface area contributed by atoms with Crippen LogP contribution < -0.4 is 5.73 Å². The van der Waals surface area contributed by atoms with Crippen molar-refractivity contribution in [2.24, 2.45) is 11.7 Å². The van der Waals surface area contributed by atoms with Crippen LogP contribution in [-0.4, -0.2) is 28.9 Å². The third-order valence-electron chi connectivity index (χ3n) is 3.61. The largest absolute Gasteiger partial charge is 0.393 e. The van der Waals surface area contributed by atoms with Gasteiger partial charge in [-0.25, -0.2) is 8.78 Å². The highest BCUT2D eigenvalue weighted by molar-refractivity contribution is 7.80. The van der Waals surface area contributed by atoms with Crippen LogP contribution in [0.3, 0.4) is 0 Å². The Morgan fingerprint density at radius 1 is 1.45 bits per heavy atom. The molecule has 108 valence electrons. The fourth-order valence-electron chi connectivity index (χ4n) is 2.40. The van der Waals surface area contributed by atoms with E-state index in [1.54, 1.807) is 0 Å². The van der Waals surface area contributed by atoms with Crippen molar-refractivity contribution in [1.82, 2.24) is 4.90 Å². The van der Waals surface area contributed by atoms with Crippen molar-refractivity contribution >= 4 is 23.1 Å². The van der Waals surface area contributed by atoms with Crippen molar-refractivity contribution in [2.45, 2.75) is 19.8 Å². The third kappa shape index (κ3) is 2.80. The summed E-state index contributed by atoms with van der Waals surface area (Å²) in [4.78, 5) is 14.1. The van der Waals surface area contributed by atoms with Gasteiger partial charge in [0.1, 0.15) is 17.2 Å². The molecule has 1 aromatic carbocycles. The van der Waals surface area contributed by atoms with E-state index in [0.29, 0.717) is 18.1 Å². The van der Waals surface area contributed by atoms with Crippen LogP contribution in [-0.2, 0) is 0 Å². The van der Waals surface area contributed by atoms with Crippen molar-refractivity contribution in [1.29, 1.82) is 0 Å². The molecule has 1 atom stereocenters. The van der Waals surface area contributed by atoms with Crippen LogP contribution in [0.5, 0.6) is 0 Å². The lowest BCUT2D eigenvalue weighted by atomic mass is 9.97. The number of hydrogen-bond donors (Lipinski definition) is 1. The van der Waals surface area contributed by atoms with Crippen LogP contribution in [0.15, 0.2) is 12.1 Å². The number of likely N-dealkylation sites (tertiary alicyclic amines) is 1. The van der Waals surface area contributed by atoms with E-state index in [1.165, 1.54) is 17.9 Å². The molecule has 1 fully saturated rings. The lowest BCUT2D eigenvalue weighted by molar-refractivity contribution is 0.0693. The van der Waals surface area contributed by atoms with Crippen molar-refractivity contribution in [3.8, 4) is 0 Å². The van der Waals surface area contributed by atoms with Crippen LogP contribution in [0.2, 0.25) is 0 Å². The molecule has 1 aliphatic rings. The quantitative estimate of drug-likeness (QED) is 0.853. The highest BCUT2D eigenvalue weighted by Gasteiger charge is 2.29. The fourth-order valence-corrected chi connectivity index (χ4v) is 2.60. The normalized spacial score (nSPS) is 18.9. The molecular formula is C14H16F2N2OS. The van der Waals surface area contributed by atoms with Crippen LogP contribution in [0, 0.1) is 24.5 Å². The molecule has 0 aromatic heterocycles. The first-order chi connectivity index (χ1) is 9.41. The zero-order valence-electron chi connectivity index (χ0n) is 11.2. The summed E-state index contributed by atoms with van der Waals surface area (Å²) in [5.74, 6) is -2.36. The number of rotatable bonds is 2. The monoisotopic (exact) mass is 298 g/mol. The average molecular weight is 298 g/mol. The molecule has 0 aliphatic carbocycles. The van der Waals surface area contributed by atoms with Gasteiger partial charge < -0.3 is 10.6 Å². The van der Waals surface area contributed by atoms with E-state index in [9.17, 15) is 13.6 Å². The summed E-state index contributed by atoms with van der Waals surface area (Å²) >= 11 is 4.94. The number of nitrogens with two attached hydrogens (primary N) is 1. The lowest BCUT2D eigenvalue weighted by Gasteiger charge is -2.32. The Kier molecular flexibility index (Phi) is 4.32. The molecule has 0 spiro atoms. The van der Waals surface area contributed by atoms with E-state index in [0.717, 1.165) is 18.9 Å². The summed E-state index contributed by atoms with van der Waals surface area (Å²) in [6, 6.07) is 2.43. The third-order valence-corrected chi connectivity index (χ3v) is 3.94. The Hall–Kier alpha value is -1.56. The smallest absolute Gasteiger partial charge is 0.259 e. The average Bonchev–Trinajstić information content (AvgIpc) is 2.43. The summed E-state index contributed by atoms with van der Waals surface area (Å²) in [7, 11) is 0. The topological polar surface area (TPSA) is 46.3 Å². The first-order valence-corrected chi connectivity index (χ1v) is 6.86. The molecule has 2 rings (SSSR count). The van der Waals surface area contributed by atoms with E-state index in [-0.39, 0.29) is 11.5 Å². The zero-order chi connectivity index (χ0) is 14.9. The van der Waals surface area contributed by atoms with Crippen LogP contribution >= 0.6 is 12.2 Å². The van der Waals surface area contributed by atoms with Gasteiger partial charge in [-0.3, -0.25) is 4.79 Å². The van der Waals surface area contributed by atoms with E-state index >= 15 is 0 Å². The molecule has 1 heterocycles. The summed E-state index contributed by atoms with van der Waals surface area (Å²) in [5, 5.41) is 0. The molecule has 0 saturated carbocycles. The molecule has 6 heteroatoms. The molecule has 1 saturated heterocycles. The maximum absolute atomic E-state index is 14.0. The van der Waals surface area contributed by atoms with Crippen LogP contribution in [0.1, 0.15) is 28.8 Å². The zero-order valence-corrected chi connectivity index (χ0v) is 12.0. The van der Waals surface area contributed by atoms with Crippen LogP contribution in [0.4, 0.5) is 8.78 Å². The van der Waals surface area contributed by atoms with Gasteiger partial charge >= 0.3 is 0 Å². The minimum atomic E-state index is -0.837. The number of carbonyl (C=O) groups excluding carboxylic acids is 1. The lowest BCUT2D eigenvalue weighted by Crippen LogP contribution is -2.44. The van der Waals surface area contributed by atoms with Gasteiger partial charge in [-0.2, -0.15) is 0 Å². The maximum Gasteiger partial charge on any atom is 0.259 e. The van der Waals surface area contributed by atoms with Crippen molar-refractivity contribution in [3.63, 3.8) is 0 Å². The van der Waals surface area contributed by atoms with Gasteiger partial charge in [0.25, 0.3) is 5.91 Å². The molecular weight excluding hydrogens is 282 g/mol. The van der Waals surface area contributed by atoms with Crippen molar-refractivity contribution < 1.29 is 13.6 Å². The predicted octanol–water partition coefficient (Wildman–Crippen LogP) is 2.41. The maximum atomic E-state index is 14.0. The summed E-state index contributed by atoms with van der Waals surface area (Å²) in [6.45, 7) is 2.28. The van der Waals surface area contributed by atoms with E-state index in [2.05, 4.69) is 0 Å². The SMILES string of the molecule is Cc1ccc(F)c(C(=O)N2CCCC(C(N)=S)C2)c1F. The molecule has 1 aromatic rings. The van der Waals surface area contributed by atoms with Gasteiger partial charge in [0.05, 0.1) is 4.99 Å². The first kappa shape index (κ1) is 14.8. The summed E-state index contributed by atoms with van der Waals surface area (Å²) < 4.78 is 27.7. The second kappa shape index (κ2) is 5.83. The number of hydrogen-bond acceptors (Lipinski definition) is 2. The van der Waals surface area contributed by atoms with Gasteiger partial charge in [0.15, 0.2) is 0 Å². The standard InChI is InChI=1S/C14H16F2N2OS/c1-8-4-5-10(15)11(12(8)16)14(19)18-6-2-3-9(7-18)13(17)20/h4-5,9H,2-3,6-7H2,1H3,(H2,17,20). The Bertz CT molecular complexity index is 562. The number of nitrogens with zero attached hydrogens (tertiary/aromatic N) is 1. The highest BCUT2D eigenvalue weighted by atomic mass is 32.1. The Morgan fingerprint density at radius 3 is 2.80 bits per heavy atom. The van der Waals surface area contributed by atoms with E-state index < -0.39 is 23.1 Å². The number of piperidine rings is 1. The number of amides is 1. The molecule has 0 bridgehead atoms. The molecule has 1 unspecified atom stereocenters. The Morgan fingerprint density at radius 2 is 2.15 bits per heavy atom.